The predicted octanol–water partition coefficient (Wildman–Crippen LogP) is 0.819. The molecule has 2 aliphatic rings. The van der Waals surface area contributed by atoms with Gasteiger partial charge in [0.2, 0.25) is 5.91 Å². The summed E-state index contributed by atoms with van der Waals surface area (Å²) in [5.41, 5.74) is 0. The van der Waals surface area contributed by atoms with Crippen molar-refractivity contribution in [2.45, 2.75) is 12.8 Å². The Morgan fingerprint density at radius 1 is 1.23 bits per heavy atom. The molecule has 1 saturated heterocycles. The van der Waals surface area contributed by atoms with Crippen LogP contribution in [0, 0.1) is 5.92 Å². The van der Waals surface area contributed by atoms with Gasteiger partial charge in [-0.2, -0.15) is 0 Å². The highest BCUT2D eigenvalue weighted by Crippen LogP contribution is 2.31. The van der Waals surface area contributed by atoms with Crippen LogP contribution in [-0.2, 0) is 4.79 Å². The Kier molecular flexibility index (Phi) is 2.79. The fraction of sp³-hybridized carbons (Fsp3) is 0.889. The smallest absolute Gasteiger partial charge is 0.225 e. The van der Waals surface area contributed by atoms with Crippen LogP contribution in [-0.4, -0.2) is 47.5 Å². The Morgan fingerprint density at radius 2 is 1.85 bits per heavy atom. The molecule has 1 saturated carbocycles. The highest BCUT2D eigenvalue weighted by Gasteiger charge is 2.34. The van der Waals surface area contributed by atoms with Crippen molar-refractivity contribution in [3.05, 3.63) is 0 Å². The predicted molar refractivity (Wildman–Crippen MR) is 54.4 cm³/mol. The Labute approximate surface area is 83.6 Å². The van der Waals surface area contributed by atoms with E-state index in [4.69, 9.17) is 0 Å². The van der Waals surface area contributed by atoms with Crippen molar-refractivity contribution in [2.75, 3.05) is 32.4 Å². The molecule has 2 fully saturated rings. The van der Waals surface area contributed by atoms with Crippen LogP contribution in [0.15, 0.2) is 0 Å². The van der Waals surface area contributed by atoms with Crippen LogP contribution in [0.2, 0.25) is 0 Å². The van der Waals surface area contributed by atoms with Gasteiger partial charge >= 0.3 is 0 Å². The van der Waals surface area contributed by atoms with E-state index < -0.39 is 0 Å². The minimum atomic E-state index is 0.390. The van der Waals surface area contributed by atoms with E-state index >= 15 is 0 Å². The van der Waals surface area contributed by atoms with E-state index in [0.717, 1.165) is 39.0 Å². The van der Waals surface area contributed by atoms with Gasteiger partial charge in [0.15, 0.2) is 0 Å². The average molecular weight is 200 g/mol. The normalized spacial score (nSPS) is 24.8. The summed E-state index contributed by atoms with van der Waals surface area (Å²) in [6, 6.07) is 0. The number of carbonyl (C=O) groups is 1. The molecule has 2 rings (SSSR count). The topological polar surface area (TPSA) is 23.6 Å². The molecule has 4 heteroatoms. The molecule has 1 aliphatic carbocycles. The van der Waals surface area contributed by atoms with Crippen molar-refractivity contribution in [3.8, 4) is 0 Å². The molecule has 0 aromatic carbocycles. The van der Waals surface area contributed by atoms with Gasteiger partial charge in [-0.15, -0.1) is 0 Å². The molecule has 0 N–H and O–H groups in total. The van der Waals surface area contributed by atoms with Gasteiger partial charge in [-0.05, 0) is 19.1 Å². The third-order valence-corrected chi connectivity index (χ3v) is 3.62. The molecule has 1 aliphatic heterocycles. The van der Waals surface area contributed by atoms with Crippen molar-refractivity contribution >= 4 is 17.9 Å². The van der Waals surface area contributed by atoms with Crippen LogP contribution in [0.5, 0.6) is 0 Å². The highest BCUT2D eigenvalue weighted by molar-refractivity contribution is 7.96. The molecule has 0 atom stereocenters. The fourth-order valence-electron chi connectivity index (χ4n) is 1.68. The average Bonchev–Trinajstić information content (AvgIpc) is 3.00. The summed E-state index contributed by atoms with van der Waals surface area (Å²) in [6.07, 6.45) is 4.35. The zero-order chi connectivity index (χ0) is 9.26. The van der Waals surface area contributed by atoms with Gasteiger partial charge in [0, 0.05) is 32.1 Å². The molecular formula is C9H16N2OS. The summed E-state index contributed by atoms with van der Waals surface area (Å²) < 4.78 is 2.32. The quantitative estimate of drug-likeness (QED) is 0.617. The molecule has 0 unspecified atom stereocenters. The summed E-state index contributed by atoms with van der Waals surface area (Å²) in [6.45, 7) is 3.91. The van der Waals surface area contributed by atoms with E-state index in [0.29, 0.717) is 11.8 Å². The van der Waals surface area contributed by atoms with E-state index in [9.17, 15) is 4.79 Å². The van der Waals surface area contributed by atoms with E-state index in [1.165, 1.54) is 0 Å². The summed E-state index contributed by atoms with van der Waals surface area (Å²) in [7, 11) is 0. The lowest BCUT2D eigenvalue weighted by atomic mass is 10.3. The zero-order valence-electron chi connectivity index (χ0n) is 8.03. The monoisotopic (exact) mass is 200 g/mol. The van der Waals surface area contributed by atoms with Gasteiger partial charge in [0.25, 0.3) is 0 Å². The summed E-state index contributed by atoms with van der Waals surface area (Å²) >= 11 is 1.78. The van der Waals surface area contributed by atoms with E-state index in [2.05, 4.69) is 10.6 Å². The van der Waals surface area contributed by atoms with E-state index in [1.54, 1.807) is 11.9 Å². The van der Waals surface area contributed by atoms with Crippen LogP contribution in [0.25, 0.3) is 0 Å². The molecule has 74 valence electrons. The van der Waals surface area contributed by atoms with Gasteiger partial charge in [0.1, 0.15) is 0 Å². The number of piperazine rings is 1. The highest BCUT2D eigenvalue weighted by atomic mass is 32.2. The van der Waals surface area contributed by atoms with E-state index in [1.807, 2.05) is 4.90 Å². The lowest BCUT2D eigenvalue weighted by Crippen LogP contribution is -2.46. The second-order valence-electron chi connectivity index (χ2n) is 3.71. The maximum absolute atomic E-state index is 11.7. The first-order valence-electron chi connectivity index (χ1n) is 4.89. The maximum atomic E-state index is 11.7. The minimum absolute atomic E-state index is 0.390. The van der Waals surface area contributed by atoms with Crippen LogP contribution >= 0.6 is 11.9 Å². The molecule has 13 heavy (non-hydrogen) atoms. The molecule has 0 aromatic heterocycles. The third-order valence-electron chi connectivity index (χ3n) is 2.74. The summed E-state index contributed by atoms with van der Waals surface area (Å²) in [5.74, 6) is 0.793. The lowest BCUT2D eigenvalue weighted by molar-refractivity contribution is -0.133. The molecular weight excluding hydrogens is 184 g/mol. The number of rotatable bonds is 2. The second-order valence-corrected chi connectivity index (χ2v) is 4.59. The van der Waals surface area contributed by atoms with Gasteiger partial charge in [0.05, 0.1) is 0 Å². The van der Waals surface area contributed by atoms with E-state index in [-0.39, 0.29) is 0 Å². The minimum Gasteiger partial charge on any atom is -0.340 e. The first kappa shape index (κ1) is 9.34. The second kappa shape index (κ2) is 3.88. The SMILES string of the molecule is CSN1CCN(C(=O)C2CC2)CC1. The number of nitrogens with zero attached hydrogens (tertiary/aromatic N) is 2. The Bertz CT molecular complexity index is 198. The molecule has 0 spiro atoms. The summed E-state index contributed by atoms with van der Waals surface area (Å²) in [4.78, 5) is 13.7. The number of hydrogen-bond donors (Lipinski definition) is 0. The van der Waals surface area contributed by atoms with Gasteiger partial charge < -0.3 is 4.90 Å². The first-order chi connectivity index (χ1) is 6.31. The Balaban J connectivity index is 1.79. The van der Waals surface area contributed by atoms with Crippen molar-refractivity contribution in [1.82, 2.24) is 9.21 Å². The third kappa shape index (κ3) is 2.17. The number of amides is 1. The molecule has 0 aromatic rings. The van der Waals surface area contributed by atoms with Crippen LogP contribution in [0.3, 0.4) is 0 Å². The Hall–Kier alpha value is -0.220. The molecule has 1 amide bonds. The van der Waals surface area contributed by atoms with Crippen molar-refractivity contribution in [1.29, 1.82) is 0 Å². The first-order valence-corrected chi connectivity index (χ1v) is 6.07. The molecule has 3 nitrogen and oxygen atoms in total. The van der Waals surface area contributed by atoms with Crippen LogP contribution < -0.4 is 0 Å². The molecule has 0 radical (unpaired) electrons. The molecule has 0 bridgehead atoms. The fourth-order valence-corrected chi connectivity index (χ4v) is 2.21. The zero-order valence-corrected chi connectivity index (χ0v) is 8.85. The molecule has 1 heterocycles. The largest absolute Gasteiger partial charge is 0.340 e. The Morgan fingerprint density at radius 3 is 2.31 bits per heavy atom. The number of hydrogen-bond acceptors (Lipinski definition) is 3. The van der Waals surface area contributed by atoms with Gasteiger partial charge in [-0.25, -0.2) is 4.31 Å². The maximum Gasteiger partial charge on any atom is 0.225 e. The van der Waals surface area contributed by atoms with Gasteiger partial charge in [-0.3, -0.25) is 4.79 Å². The van der Waals surface area contributed by atoms with Crippen molar-refractivity contribution in [3.63, 3.8) is 0 Å². The van der Waals surface area contributed by atoms with Crippen molar-refractivity contribution < 1.29 is 4.79 Å². The van der Waals surface area contributed by atoms with Crippen LogP contribution in [0.1, 0.15) is 12.8 Å². The van der Waals surface area contributed by atoms with Crippen LogP contribution in [0.4, 0.5) is 0 Å². The van der Waals surface area contributed by atoms with Gasteiger partial charge in [-0.1, -0.05) is 11.9 Å². The van der Waals surface area contributed by atoms with Crippen molar-refractivity contribution in [2.24, 2.45) is 5.92 Å². The summed E-state index contributed by atoms with van der Waals surface area (Å²) in [5, 5.41) is 0. The number of carbonyl (C=O) groups excluding carboxylic acids is 1. The standard InChI is InChI=1S/C9H16N2OS/c1-13-11-6-4-10(5-7-11)9(12)8-2-3-8/h8H,2-7H2,1H3. The lowest BCUT2D eigenvalue weighted by Gasteiger charge is -2.33.